The van der Waals surface area contributed by atoms with Gasteiger partial charge in [-0.05, 0) is 11.8 Å². The summed E-state index contributed by atoms with van der Waals surface area (Å²) in [6.07, 6.45) is 3.76. The standard InChI is InChI=1S/C12H19N5O/c1-12(2,3)8(4-5-18)17-11-9-10(14-6-13-9)15-7-16-11/h6-8,18H,4-5H2,1-3H3,(H2,13,14,15,16,17). The molecule has 2 rings (SSSR count). The highest BCUT2D eigenvalue weighted by molar-refractivity contribution is 5.82. The van der Waals surface area contributed by atoms with E-state index in [1.807, 2.05) is 0 Å². The lowest BCUT2D eigenvalue weighted by Crippen LogP contribution is -2.35. The quantitative estimate of drug-likeness (QED) is 0.765. The summed E-state index contributed by atoms with van der Waals surface area (Å²) in [7, 11) is 0. The first-order valence-corrected chi connectivity index (χ1v) is 6.04. The Morgan fingerprint density at radius 2 is 2.11 bits per heavy atom. The number of hydrogen-bond donors (Lipinski definition) is 3. The van der Waals surface area contributed by atoms with Gasteiger partial charge in [-0.2, -0.15) is 0 Å². The lowest BCUT2D eigenvalue weighted by molar-refractivity contribution is 0.235. The molecular formula is C12H19N5O. The maximum absolute atomic E-state index is 9.16. The predicted octanol–water partition coefficient (Wildman–Crippen LogP) is 1.56. The minimum absolute atomic E-state index is 0.0278. The highest BCUT2D eigenvalue weighted by Crippen LogP contribution is 2.26. The Balaban J connectivity index is 2.28. The molecule has 2 heterocycles. The second-order valence-electron chi connectivity index (χ2n) is 5.40. The summed E-state index contributed by atoms with van der Waals surface area (Å²) in [6.45, 7) is 6.54. The van der Waals surface area contributed by atoms with Crippen molar-refractivity contribution in [1.82, 2.24) is 19.9 Å². The Kier molecular flexibility index (Phi) is 3.47. The number of fused-ring (bicyclic) bond motifs is 1. The largest absolute Gasteiger partial charge is 0.396 e. The fourth-order valence-electron chi connectivity index (χ4n) is 1.89. The van der Waals surface area contributed by atoms with Crippen LogP contribution >= 0.6 is 0 Å². The Morgan fingerprint density at radius 3 is 2.78 bits per heavy atom. The van der Waals surface area contributed by atoms with Crippen LogP contribution in [0.15, 0.2) is 12.7 Å². The Morgan fingerprint density at radius 1 is 1.33 bits per heavy atom. The highest BCUT2D eigenvalue weighted by atomic mass is 16.3. The molecule has 2 aromatic rings. The molecule has 0 fully saturated rings. The van der Waals surface area contributed by atoms with Gasteiger partial charge >= 0.3 is 0 Å². The number of hydrogen-bond acceptors (Lipinski definition) is 5. The van der Waals surface area contributed by atoms with E-state index < -0.39 is 0 Å². The molecule has 0 bridgehead atoms. The zero-order valence-electron chi connectivity index (χ0n) is 10.9. The van der Waals surface area contributed by atoms with E-state index >= 15 is 0 Å². The maximum atomic E-state index is 9.16. The molecule has 1 atom stereocenters. The van der Waals surface area contributed by atoms with Gasteiger partial charge in [0.25, 0.3) is 0 Å². The summed E-state index contributed by atoms with van der Waals surface area (Å²) in [5, 5.41) is 12.5. The van der Waals surface area contributed by atoms with Crippen LogP contribution in [0.2, 0.25) is 0 Å². The maximum Gasteiger partial charge on any atom is 0.182 e. The lowest BCUT2D eigenvalue weighted by atomic mass is 9.85. The molecule has 6 heteroatoms. The number of imidazole rings is 1. The zero-order chi connectivity index (χ0) is 13.2. The number of anilines is 1. The summed E-state index contributed by atoms with van der Waals surface area (Å²) < 4.78 is 0. The van der Waals surface area contributed by atoms with Crippen molar-refractivity contribution in [3.63, 3.8) is 0 Å². The van der Waals surface area contributed by atoms with Gasteiger partial charge in [0.2, 0.25) is 0 Å². The Bertz CT molecular complexity index is 516. The molecule has 2 aromatic heterocycles. The molecule has 0 aliphatic rings. The van der Waals surface area contributed by atoms with E-state index in [1.54, 1.807) is 6.33 Å². The molecule has 0 aliphatic heterocycles. The SMILES string of the molecule is CC(C)(C)C(CCO)Nc1ncnc2nc[nH]c12. The molecule has 0 saturated carbocycles. The van der Waals surface area contributed by atoms with Crippen molar-refractivity contribution < 1.29 is 5.11 Å². The summed E-state index contributed by atoms with van der Waals surface area (Å²) in [4.78, 5) is 15.4. The van der Waals surface area contributed by atoms with E-state index in [0.717, 1.165) is 11.3 Å². The van der Waals surface area contributed by atoms with Crippen LogP contribution in [0.1, 0.15) is 27.2 Å². The smallest absolute Gasteiger partial charge is 0.182 e. The zero-order valence-corrected chi connectivity index (χ0v) is 10.9. The second kappa shape index (κ2) is 4.89. The van der Waals surface area contributed by atoms with Crippen molar-refractivity contribution in [1.29, 1.82) is 0 Å². The third-order valence-corrected chi connectivity index (χ3v) is 3.00. The van der Waals surface area contributed by atoms with Crippen LogP contribution < -0.4 is 5.32 Å². The molecule has 98 valence electrons. The first-order chi connectivity index (χ1) is 8.52. The van der Waals surface area contributed by atoms with Gasteiger partial charge in [-0.3, -0.25) is 0 Å². The Hall–Kier alpha value is -1.69. The normalized spacial score (nSPS) is 13.8. The molecule has 6 nitrogen and oxygen atoms in total. The molecule has 0 aromatic carbocycles. The van der Waals surface area contributed by atoms with Gasteiger partial charge in [0, 0.05) is 12.6 Å². The van der Waals surface area contributed by atoms with Gasteiger partial charge in [-0.25, -0.2) is 15.0 Å². The molecule has 0 amide bonds. The van der Waals surface area contributed by atoms with Gasteiger partial charge in [0.1, 0.15) is 11.8 Å². The van der Waals surface area contributed by atoms with Crippen molar-refractivity contribution >= 4 is 17.0 Å². The topological polar surface area (TPSA) is 86.7 Å². The summed E-state index contributed by atoms with van der Waals surface area (Å²) >= 11 is 0. The number of nitrogens with zero attached hydrogens (tertiary/aromatic N) is 3. The number of rotatable bonds is 4. The number of aromatic nitrogens is 4. The predicted molar refractivity (Wildman–Crippen MR) is 70.3 cm³/mol. The van der Waals surface area contributed by atoms with E-state index in [2.05, 4.69) is 46.0 Å². The van der Waals surface area contributed by atoms with Crippen LogP contribution in [0, 0.1) is 5.41 Å². The van der Waals surface area contributed by atoms with E-state index in [4.69, 9.17) is 5.11 Å². The lowest BCUT2D eigenvalue weighted by Gasteiger charge is -2.31. The van der Waals surface area contributed by atoms with Crippen LogP contribution in [-0.2, 0) is 0 Å². The van der Waals surface area contributed by atoms with E-state index in [1.165, 1.54) is 6.33 Å². The first kappa shape index (κ1) is 12.8. The molecule has 3 N–H and O–H groups in total. The fraction of sp³-hybridized carbons (Fsp3) is 0.583. The monoisotopic (exact) mass is 249 g/mol. The van der Waals surface area contributed by atoms with E-state index in [9.17, 15) is 0 Å². The van der Waals surface area contributed by atoms with Gasteiger partial charge < -0.3 is 15.4 Å². The van der Waals surface area contributed by atoms with Gasteiger partial charge in [0.05, 0.1) is 6.33 Å². The molecule has 1 unspecified atom stereocenters. The fourth-order valence-corrected chi connectivity index (χ4v) is 1.89. The van der Waals surface area contributed by atoms with E-state index in [0.29, 0.717) is 12.1 Å². The van der Waals surface area contributed by atoms with Gasteiger partial charge in [-0.1, -0.05) is 20.8 Å². The number of aliphatic hydroxyl groups excluding tert-OH is 1. The molecule has 0 aliphatic carbocycles. The van der Waals surface area contributed by atoms with Crippen LogP contribution in [0.4, 0.5) is 5.82 Å². The number of aromatic amines is 1. The van der Waals surface area contributed by atoms with Crippen molar-refractivity contribution in [2.45, 2.75) is 33.2 Å². The average molecular weight is 249 g/mol. The van der Waals surface area contributed by atoms with Crippen molar-refractivity contribution in [3.05, 3.63) is 12.7 Å². The summed E-state index contributed by atoms with van der Waals surface area (Å²) in [6, 6.07) is 0.129. The minimum atomic E-state index is 0.0278. The third-order valence-electron chi connectivity index (χ3n) is 3.00. The molecule has 18 heavy (non-hydrogen) atoms. The summed E-state index contributed by atoms with van der Waals surface area (Å²) in [5.41, 5.74) is 1.47. The Labute approximate surface area is 106 Å². The van der Waals surface area contributed by atoms with Crippen LogP contribution in [-0.4, -0.2) is 37.7 Å². The third kappa shape index (κ3) is 2.59. The van der Waals surface area contributed by atoms with Crippen LogP contribution in [0.25, 0.3) is 11.2 Å². The first-order valence-electron chi connectivity index (χ1n) is 6.04. The summed E-state index contributed by atoms with van der Waals surface area (Å²) in [5.74, 6) is 0.728. The number of H-pyrrole nitrogens is 1. The van der Waals surface area contributed by atoms with Crippen LogP contribution in [0.5, 0.6) is 0 Å². The van der Waals surface area contributed by atoms with Crippen molar-refractivity contribution in [3.8, 4) is 0 Å². The second-order valence-corrected chi connectivity index (χ2v) is 5.40. The van der Waals surface area contributed by atoms with E-state index in [-0.39, 0.29) is 18.1 Å². The molecule has 0 saturated heterocycles. The number of aliphatic hydroxyl groups is 1. The van der Waals surface area contributed by atoms with Gasteiger partial charge in [0.15, 0.2) is 11.5 Å². The molecule has 0 radical (unpaired) electrons. The highest BCUT2D eigenvalue weighted by Gasteiger charge is 2.25. The van der Waals surface area contributed by atoms with Crippen molar-refractivity contribution in [2.75, 3.05) is 11.9 Å². The average Bonchev–Trinajstić information content (AvgIpc) is 2.76. The molecular weight excluding hydrogens is 230 g/mol. The minimum Gasteiger partial charge on any atom is -0.396 e. The van der Waals surface area contributed by atoms with Crippen molar-refractivity contribution in [2.24, 2.45) is 5.41 Å². The number of nitrogens with one attached hydrogen (secondary N) is 2. The van der Waals surface area contributed by atoms with Gasteiger partial charge in [-0.15, -0.1) is 0 Å². The molecule has 0 spiro atoms. The van der Waals surface area contributed by atoms with Crippen LogP contribution in [0.3, 0.4) is 0 Å².